The molecule has 2 unspecified atom stereocenters. The number of methoxy groups -OCH3 is 1. The van der Waals surface area contributed by atoms with Gasteiger partial charge in [0.15, 0.2) is 0 Å². The standard InChI is InChI=1S/C17H26N2O5S/c1-14-12-15(18-17(20)8-9-24-11-10-23-2)13-19(14)25(21,22)16-6-4-3-5-7-16/h3-7,14-15H,8-13H2,1-2H3,(H,18,20). The zero-order valence-electron chi connectivity index (χ0n) is 14.7. The van der Waals surface area contributed by atoms with Crippen LogP contribution in [0.3, 0.4) is 0 Å². The summed E-state index contributed by atoms with van der Waals surface area (Å²) in [6.45, 7) is 3.42. The Hall–Kier alpha value is -1.48. The highest BCUT2D eigenvalue weighted by Gasteiger charge is 2.38. The summed E-state index contributed by atoms with van der Waals surface area (Å²) in [6, 6.07) is 8.03. The van der Waals surface area contributed by atoms with Gasteiger partial charge in [0.2, 0.25) is 15.9 Å². The third kappa shape index (κ3) is 5.50. The number of hydrogen-bond acceptors (Lipinski definition) is 5. The first-order chi connectivity index (χ1) is 11.9. The molecule has 140 valence electrons. The van der Waals surface area contributed by atoms with Crippen molar-refractivity contribution in [3.05, 3.63) is 30.3 Å². The first-order valence-corrected chi connectivity index (χ1v) is 9.82. The van der Waals surface area contributed by atoms with Gasteiger partial charge >= 0.3 is 0 Å². The van der Waals surface area contributed by atoms with Gasteiger partial charge < -0.3 is 14.8 Å². The van der Waals surface area contributed by atoms with Gasteiger partial charge in [-0.15, -0.1) is 0 Å². The van der Waals surface area contributed by atoms with Crippen molar-refractivity contribution < 1.29 is 22.7 Å². The second-order valence-electron chi connectivity index (χ2n) is 6.09. The van der Waals surface area contributed by atoms with Gasteiger partial charge in [-0.1, -0.05) is 18.2 Å². The predicted molar refractivity (Wildman–Crippen MR) is 93.7 cm³/mol. The quantitative estimate of drug-likeness (QED) is 0.656. The van der Waals surface area contributed by atoms with Crippen LogP contribution in [0.2, 0.25) is 0 Å². The molecule has 1 aliphatic rings. The van der Waals surface area contributed by atoms with Crippen molar-refractivity contribution in [1.82, 2.24) is 9.62 Å². The molecule has 25 heavy (non-hydrogen) atoms. The summed E-state index contributed by atoms with van der Waals surface area (Å²) in [4.78, 5) is 12.3. The zero-order valence-corrected chi connectivity index (χ0v) is 15.5. The Bertz CT molecular complexity index is 650. The maximum atomic E-state index is 12.7. The number of carbonyl (C=O) groups is 1. The van der Waals surface area contributed by atoms with E-state index in [0.29, 0.717) is 26.2 Å². The molecule has 0 aliphatic carbocycles. The van der Waals surface area contributed by atoms with E-state index in [0.717, 1.165) is 0 Å². The molecule has 2 atom stereocenters. The summed E-state index contributed by atoms with van der Waals surface area (Å²) in [5, 5.41) is 2.90. The van der Waals surface area contributed by atoms with Crippen LogP contribution < -0.4 is 5.32 Å². The number of rotatable bonds is 9. The molecule has 7 nitrogen and oxygen atoms in total. The zero-order chi connectivity index (χ0) is 18.3. The van der Waals surface area contributed by atoms with Gasteiger partial charge in [-0.2, -0.15) is 4.31 Å². The van der Waals surface area contributed by atoms with Crippen LogP contribution in [0.4, 0.5) is 0 Å². The molecule has 8 heteroatoms. The minimum Gasteiger partial charge on any atom is -0.382 e. The lowest BCUT2D eigenvalue weighted by molar-refractivity contribution is -0.122. The number of carbonyl (C=O) groups excluding carboxylic acids is 1. The van der Waals surface area contributed by atoms with E-state index >= 15 is 0 Å². The molecule has 1 N–H and O–H groups in total. The fourth-order valence-corrected chi connectivity index (χ4v) is 4.59. The van der Waals surface area contributed by atoms with E-state index in [1.807, 2.05) is 6.92 Å². The molecule has 0 radical (unpaired) electrons. The van der Waals surface area contributed by atoms with Crippen molar-refractivity contribution >= 4 is 15.9 Å². The number of hydrogen-bond donors (Lipinski definition) is 1. The van der Waals surface area contributed by atoms with E-state index in [4.69, 9.17) is 9.47 Å². The van der Waals surface area contributed by atoms with Gasteiger partial charge in [0.25, 0.3) is 0 Å². The molecule has 1 aromatic rings. The molecule has 2 rings (SSSR count). The SMILES string of the molecule is COCCOCCC(=O)NC1CC(C)N(S(=O)(=O)c2ccccc2)C1. The lowest BCUT2D eigenvalue weighted by Crippen LogP contribution is -2.39. The minimum atomic E-state index is -3.54. The second kappa shape index (κ2) is 9.28. The molecular formula is C17H26N2O5S. The molecular weight excluding hydrogens is 344 g/mol. The lowest BCUT2D eigenvalue weighted by atomic mass is 10.2. The van der Waals surface area contributed by atoms with E-state index in [1.165, 1.54) is 4.31 Å². The van der Waals surface area contributed by atoms with Crippen molar-refractivity contribution in [3.8, 4) is 0 Å². The average molecular weight is 370 g/mol. The highest BCUT2D eigenvalue weighted by molar-refractivity contribution is 7.89. The highest BCUT2D eigenvalue weighted by atomic mass is 32.2. The van der Waals surface area contributed by atoms with Gasteiger partial charge in [0, 0.05) is 32.2 Å². The molecule has 0 bridgehead atoms. The number of amides is 1. The molecule has 0 saturated carbocycles. The van der Waals surface area contributed by atoms with Crippen LogP contribution in [0.25, 0.3) is 0 Å². The molecule has 0 spiro atoms. The minimum absolute atomic E-state index is 0.131. The number of nitrogens with zero attached hydrogens (tertiary/aromatic N) is 1. The summed E-state index contributed by atoms with van der Waals surface area (Å²) >= 11 is 0. The van der Waals surface area contributed by atoms with Crippen molar-refractivity contribution in [2.24, 2.45) is 0 Å². The number of ether oxygens (including phenoxy) is 2. The number of sulfonamides is 1. The number of benzene rings is 1. The fraction of sp³-hybridized carbons (Fsp3) is 0.588. The predicted octanol–water partition coefficient (Wildman–Crippen LogP) is 1.01. The van der Waals surface area contributed by atoms with E-state index in [-0.39, 0.29) is 35.9 Å². The normalized spacial score (nSPS) is 21.4. The van der Waals surface area contributed by atoms with E-state index in [2.05, 4.69) is 5.32 Å². The highest BCUT2D eigenvalue weighted by Crippen LogP contribution is 2.25. The molecule has 1 aromatic carbocycles. The smallest absolute Gasteiger partial charge is 0.243 e. The van der Waals surface area contributed by atoms with Crippen LogP contribution >= 0.6 is 0 Å². The van der Waals surface area contributed by atoms with Crippen LogP contribution in [-0.4, -0.2) is 64.2 Å². The number of nitrogens with one attached hydrogen (secondary N) is 1. The van der Waals surface area contributed by atoms with E-state index < -0.39 is 10.0 Å². The monoisotopic (exact) mass is 370 g/mol. The molecule has 1 aliphatic heterocycles. The third-order valence-corrected chi connectivity index (χ3v) is 6.13. The summed E-state index contributed by atoms with van der Waals surface area (Å²) in [6.07, 6.45) is 0.850. The van der Waals surface area contributed by atoms with Crippen LogP contribution in [0.5, 0.6) is 0 Å². The largest absolute Gasteiger partial charge is 0.382 e. The van der Waals surface area contributed by atoms with Crippen molar-refractivity contribution in [2.45, 2.75) is 36.7 Å². The summed E-state index contributed by atoms with van der Waals surface area (Å²) in [5.74, 6) is -0.131. The Kier molecular flexibility index (Phi) is 7.37. The van der Waals surface area contributed by atoms with Crippen LogP contribution in [0.1, 0.15) is 19.8 Å². The summed E-state index contributed by atoms with van der Waals surface area (Å²) in [7, 11) is -1.95. The first kappa shape index (κ1) is 19.8. The van der Waals surface area contributed by atoms with Gasteiger partial charge in [-0.05, 0) is 25.5 Å². The van der Waals surface area contributed by atoms with E-state index in [9.17, 15) is 13.2 Å². The Balaban J connectivity index is 1.85. The summed E-state index contributed by atoms with van der Waals surface area (Å²) in [5.41, 5.74) is 0. The van der Waals surface area contributed by atoms with E-state index in [1.54, 1.807) is 37.4 Å². The van der Waals surface area contributed by atoms with Gasteiger partial charge in [-0.25, -0.2) is 8.42 Å². The Morgan fingerprint density at radius 1 is 1.24 bits per heavy atom. The van der Waals surface area contributed by atoms with Crippen molar-refractivity contribution in [3.63, 3.8) is 0 Å². The first-order valence-electron chi connectivity index (χ1n) is 8.38. The maximum absolute atomic E-state index is 12.7. The van der Waals surface area contributed by atoms with Crippen molar-refractivity contribution in [2.75, 3.05) is 33.5 Å². The second-order valence-corrected chi connectivity index (χ2v) is 7.98. The molecule has 0 aromatic heterocycles. The molecule has 1 fully saturated rings. The topological polar surface area (TPSA) is 84.9 Å². The maximum Gasteiger partial charge on any atom is 0.243 e. The Morgan fingerprint density at radius 2 is 1.96 bits per heavy atom. The molecule has 1 amide bonds. The average Bonchev–Trinajstić information content (AvgIpc) is 2.96. The lowest BCUT2D eigenvalue weighted by Gasteiger charge is -2.20. The van der Waals surface area contributed by atoms with Crippen LogP contribution in [0, 0.1) is 0 Å². The molecule has 1 saturated heterocycles. The molecule has 1 heterocycles. The van der Waals surface area contributed by atoms with Crippen molar-refractivity contribution in [1.29, 1.82) is 0 Å². The third-order valence-electron chi connectivity index (χ3n) is 4.14. The van der Waals surface area contributed by atoms with Crippen LogP contribution in [0.15, 0.2) is 35.2 Å². The van der Waals surface area contributed by atoms with Crippen LogP contribution in [-0.2, 0) is 24.3 Å². The summed E-state index contributed by atoms with van der Waals surface area (Å²) < 4.78 is 37.1. The fourth-order valence-electron chi connectivity index (χ4n) is 2.88. The Morgan fingerprint density at radius 3 is 2.64 bits per heavy atom. The van der Waals surface area contributed by atoms with Gasteiger partial charge in [0.05, 0.1) is 24.7 Å². The Labute approximate surface area is 149 Å². The van der Waals surface area contributed by atoms with Gasteiger partial charge in [-0.3, -0.25) is 4.79 Å². The van der Waals surface area contributed by atoms with Gasteiger partial charge in [0.1, 0.15) is 0 Å².